The Hall–Kier alpha value is -3.22. The van der Waals surface area contributed by atoms with E-state index in [0.29, 0.717) is 5.69 Å². The quantitative estimate of drug-likeness (QED) is 0.753. The van der Waals surface area contributed by atoms with Gasteiger partial charge in [-0.25, -0.2) is 9.78 Å². The van der Waals surface area contributed by atoms with Crippen molar-refractivity contribution >= 4 is 22.6 Å². The molecule has 0 aliphatic carbocycles. The largest absolute Gasteiger partial charge is 0.332 e. The van der Waals surface area contributed by atoms with Gasteiger partial charge in [0.1, 0.15) is 5.65 Å². The normalized spacial score (nSPS) is 11.6. The van der Waals surface area contributed by atoms with Crippen molar-refractivity contribution in [1.29, 1.82) is 0 Å². The fourth-order valence-electron chi connectivity index (χ4n) is 2.85. The average molecular weight is 366 g/mol. The van der Waals surface area contributed by atoms with Crippen LogP contribution in [0.1, 0.15) is 36.7 Å². The highest BCUT2D eigenvalue weighted by Crippen LogP contribution is 2.23. The van der Waals surface area contributed by atoms with Gasteiger partial charge < -0.3 is 5.32 Å². The number of nitrogens with zero attached hydrogens (tertiary/aromatic N) is 3. The number of pyridine rings is 1. The second kappa shape index (κ2) is 6.50. The van der Waals surface area contributed by atoms with E-state index in [1.165, 1.54) is 30.9 Å². The number of carbonyl (C=O) groups is 1. The SMILES string of the molecule is Cn1c(=O)c2cc(C(=O)Nc3ccc(C(C)(C)C)cc3)cnc2n(C)c1=O. The minimum Gasteiger partial charge on any atom is -0.322 e. The Morgan fingerprint density at radius 2 is 1.67 bits per heavy atom. The van der Waals surface area contributed by atoms with Crippen molar-refractivity contribution in [3.8, 4) is 0 Å². The lowest BCUT2D eigenvalue weighted by atomic mass is 9.87. The van der Waals surface area contributed by atoms with Crippen LogP contribution in [-0.4, -0.2) is 20.0 Å². The second-order valence-corrected chi connectivity index (χ2v) is 7.58. The molecule has 0 saturated heterocycles. The summed E-state index contributed by atoms with van der Waals surface area (Å²) in [4.78, 5) is 41.0. The van der Waals surface area contributed by atoms with Crippen LogP contribution in [0.3, 0.4) is 0 Å². The van der Waals surface area contributed by atoms with Gasteiger partial charge in [0.15, 0.2) is 0 Å². The first-order valence-corrected chi connectivity index (χ1v) is 8.57. The van der Waals surface area contributed by atoms with Gasteiger partial charge in [-0.05, 0) is 29.2 Å². The van der Waals surface area contributed by atoms with E-state index in [1.807, 2.05) is 24.3 Å². The van der Waals surface area contributed by atoms with E-state index >= 15 is 0 Å². The summed E-state index contributed by atoms with van der Waals surface area (Å²) in [5.41, 5.74) is 1.40. The van der Waals surface area contributed by atoms with E-state index in [-0.39, 0.29) is 27.9 Å². The first kappa shape index (κ1) is 18.6. The van der Waals surface area contributed by atoms with Gasteiger partial charge in [-0.2, -0.15) is 0 Å². The zero-order valence-corrected chi connectivity index (χ0v) is 16.0. The third-order valence-corrected chi connectivity index (χ3v) is 4.56. The molecular formula is C20H22N4O3. The number of hydrogen-bond acceptors (Lipinski definition) is 4. The molecule has 0 aliphatic rings. The molecule has 0 atom stereocenters. The molecule has 0 radical (unpaired) electrons. The smallest absolute Gasteiger partial charge is 0.322 e. The Labute approximate surface area is 156 Å². The van der Waals surface area contributed by atoms with Gasteiger partial charge in [0.05, 0.1) is 10.9 Å². The van der Waals surface area contributed by atoms with Crippen molar-refractivity contribution in [3.63, 3.8) is 0 Å². The highest BCUT2D eigenvalue weighted by Gasteiger charge is 2.15. The number of aryl methyl sites for hydroxylation is 1. The summed E-state index contributed by atoms with van der Waals surface area (Å²) in [5.74, 6) is -0.371. The molecular weight excluding hydrogens is 344 g/mol. The van der Waals surface area contributed by atoms with Crippen LogP contribution < -0.4 is 16.6 Å². The Bertz CT molecular complexity index is 1150. The van der Waals surface area contributed by atoms with E-state index in [0.717, 1.165) is 10.1 Å². The van der Waals surface area contributed by atoms with Crippen molar-refractivity contribution in [1.82, 2.24) is 14.1 Å². The molecule has 7 nitrogen and oxygen atoms in total. The lowest BCUT2D eigenvalue weighted by molar-refractivity contribution is 0.102. The molecule has 140 valence electrons. The van der Waals surface area contributed by atoms with Gasteiger partial charge in [0, 0.05) is 26.0 Å². The molecule has 27 heavy (non-hydrogen) atoms. The molecule has 0 aliphatic heterocycles. The predicted molar refractivity (Wildman–Crippen MR) is 105 cm³/mol. The summed E-state index contributed by atoms with van der Waals surface area (Å²) < 4.78 is 2.28. The summed E-state index contributed by atoms with van der Waals surface area (Å²) in [6.07, 6.45) is 1.36. The molecule has 1 amide bonds. The molecule has 2 aromatic heterocycles. The lowest BCUT2D eigenvalue weighted by Crippen LogP contribution is -2.37. The van der Waals surface area contributed by atoms with Crippen LogP contribution >= 0.6 is 0 Å². The van der Waals surface area contributed by atoms with Crippen molar-refractivity contribution in [2.75, 3.05) is 5.32 Å². The number of benzene rings is 1. The number of hydrogen-bond donors (Lipinski definition) is 1. The van der Waals surface area contributed by atoms with Gasteiger partial charge in [0.2, 0.25) is 0 Å². The Morgan fingerprint density at radius 3 is 2.26 bits per heavy atom. The Morgan fingerprint density at radius 1 is 1.04 bits per heavy atom. The molecule has 3 aromatic rings. The molecule has 7 heteroatoms. The molecule has 1 aromatic carbocycles. The summed E-state index contributed by atoms with van der Waals surface area (Å²) >= 11 is 0. The molecule has 0 bridgehead atoms. The van der Waals surface area contributed by atoms with Gasteiger partial charge in [-0.1, -0.05) is 32.9 Å². The van der Waals surface area contributed by atoms with E-state index in [2.05, 4.69) is 31.1 Å². The fourth-order valence-corrected chi connectivity index (χ4v) is 2.85. The number of nitrogens with one attached hydrogen (secondary N) is 1. The van der Waals surface area contributed by atoms with Crippen LogP contribution in [0.25, 0.3) is 11.0 Å². The maximum absolute atomic E-state index is 12.6. The van der Waals surface area contributed by atoms with Crippen LogP contribution in [0.4, 0.5) is 5.69 Å². The zero-order valence-electron chi connectivity index (χ0n) is 16.0. The summed E-state index contributed by atoms with van der Waals surface area (Å²) in [6, 6.07) is 9.09. The highest BCUT2D eigenvalue weighted by molar-refractivity contribution is 6.05. The van der Waals surface area contributed by atoms with Gasteiger partial charge in [-0.15, -0.1) is 0 Å². The third-order valence-electron chi connectivity index (χ3n) is 4.56. The predicted octanol–water partition coefficient (Wildman–Crippen LogP) is 2.18. The topological polar surface area (TPSA) is 86.0 Å². The molecule has 0 saturated carbocycles. The van der Waals surface area contributed by atoms with Crippen molar-refractivity contribution in [3.05, 3.63) is 68.5 Å². The van der Waals surface area contributed by atoms with Crippen LogP contribution in [0.5, 0.6) is 0 Å². The number of anilines is 1. The van der Waals surface area contributed by atoms with E-state index in [1.54, 1.807) is 0 Å². The number of fused-ring (bicyclic) bond motifs is 1. The minimum atomic E-state index is -0.482. The van der Waals surface area contributed by atoms with Crippen LogP contribution in [0.2, 0.25) is 0 Å². The summed E-state index contributed by atoms with van der Waals surface area (Å²) in [5, 5.41) is 3.02. The zero-order chi connectivity index (χ0) is 19.9. The van der Waals surface area contributed by atoms with E-state index < -0.39 is 11.2 Å². The first-order valence-electron chi connectivity index (χ1n) is 8.57. The maximum atomic E-state index is 12.6. The average Bonchev–Trinajstić information content (AvgIpc) is 2.63. The van der Waals surface area contributed by atoms with Crippen molar-refractivity contribution < 1.29 is 4.79 Å². The molecule has 2 heterocycles. The summed E-state index contributed by atoms with van der Waals surface area (Å²) in [6.45, 7) is 6.36. The van der Waals surface area contributed by atoms with E-state index in [4.69, 9.17) is 0 Å². The van der Waals surface area contributed by atoms with Crippen LogP contribution in [0, 0.1) is 0 Å². The Kier molecular flexibility index (Phi) is 4.47. The standard InChI is InChI=1S/C20H22N4O3/c1-20(2,3)13-6-8-14(9-7-13)22-17(25)12-10-15-16(21-11-12)23(4)19(27)24(5)18(15)26/h6-11H,1-5H3,(H,22,25). The number of aromatic nitrogens is 3. The van der Waals surface area contributed by atoms with Crippen molar-refractivity contribution in [2.45, 2.75) is 26.2 Å². The Balaban J connectivity index is 1.95. The monoisotopic (exact) mass is 366 g/mol. The van der Waals surface area contributed by atoms with E-state index in [9.17, 15) is 14.4 Å². The second-order valence-electron chi connectivity index (χ2n) is 7.58. The summed E-state index contributed by atoms with van der Waals surface area (Å²) in [7, 11) is 2.93. The highest BCUT2D eigenvalue weighted by atomic mass is 16.2. The third kappa shape index (κ3) is 3.40. The fraction of sp³-hybridized carbons (Fsp3) is 0.300. The molecule has 1 N–H and O–H groups in total. The lowest BCUT2D eigenvalue weighted by Gasteiger charge is -2.19. The minimum absolute atomic E-state index is 0.0286. The van der Waals surface area contributed by atoms with Gasteiger partial charge in [-0.3, -0.25) is 18.7 Å². The molecule has 3 rings (SSSR count). The maximum Gasteiger partial charge on any atom is 0.332 e. The molecule has 0 unspecified atom stereocenters. The van der Waals surface area contributed by atoms with Gasteiger partial charge in [0.25, 0.3) is 11.5 Å². The van der Waals surface area contributed by atoms with Crippen LogP contribution in [0.15, 0.2) is 46.1 Å². The van der Waals surface area contributed by atoms with Crippen LogP contribution in [-0.2, 0) is 19.5 Å². The first-order chi connectivity index (χ1) is 12.6. The van der Waals surface area contributed by atoms with Gasteiger partial charge >= 0.3 is 5.69 Å². The van der Waals surface area contributed by atoms with Crippen molar-refractivity contribution in [2.24, 2.45) is 14.1 Å². The number of rotatable bonds is 2. The number of amides is 1. The number of carbonyl (C=O) groups excluding carboxylic acids is 1. The molecule has 0 fully saturated rings. The molecule has 0 spiro atoms.